The molecule has 1 heterocycles. The van der Waals surface area contributed by atoms with E-state index in [1.54, 1.807) is 0 Å². The normalized spacial score (nSPS) is 18.9. The third-order valence-corrected chi connectivity index (χ3v) is 2.91. The van der Waals surface area contributed by atoms with Crippen LogP contribution in [0.5, 0.6) is 0 Å². The predicted molar refractivity (Wildman–Crippen MR) is 54.0 cm³/mol. The average Bonchev–Trinajstić information content (AvgIpc) is 2.85. The molecule has 0 saturated heterocycles. The lowest BCUT2D eigenvalue weighted by atomic mass is 10.1. The van der Waals surface area contributed by atoms with Crippen molar-refractivity contribution in [3.8, 4) is 6.07 Å². The molecule has 1 aromatic rings. The van der Waals surface area contributed by atoms with Gasteiger partial charge in [0.1, 0.15) is 0 Å². The summed E-state index contributed by atoms with van der Waals surface area (Å²) in [7, 11) is 0. The smallest absolute Gasteiger partial charge is 0.227 e. The standard InChI is InChI=1S/C11H15N3O/c1-8(7-12)6-10-13-11(14-15-10)9-4-2-3-5-9/h8-9H,2-6H2,1H3. The molecule has 1 saturated carbocycles. The van der Waals surface area contributed by atoms with Crippen molar-refractivity contribution in [3.05, 3.63) is 11.7 Å². The van der Waals surface area contributed by atoms with Crippen LogP contribution in [-0.4, -0.2) is 10.1 Å². The van der Waals surface area contributed by atoms with Crippen molar-refractivity contribution < 1.29 is 4.52 Å². The molecular formula is C11H15N3O. The van der Waals surface area contributed by atoms with Gasteiger partial charge in [0.05, 0.1) is 12.0 Å². The van der Waals surface area contributed by atoms with Gasteiger partial charge in [-0.05, 0) is 19.8 Å². The van der Waals surface area contributed by atoms with Gasteiger partial charge in [-0.3, -0.25) is 0 Å². The summed E-state index contributed by atoms with van der Waals surface area (Å²) in [5.74, 6) is 1.88. The third kappa shape index (κ3) is 2.35. The first-order valence-electron chi connectivity index (χ1n) is 5.51. The molecule has 0 N–H and O–H groups in total. The number of nitriles is 1. The van der Waals surface area contributed by atoms with Gasteiger partial charge >= 0.3 is 0 Å². The fourth-order valence-electron chi connectivity index (χ4n) is 2.01. The molecule has 0 spiro atoms. The van der Waals surface area contributed by atoms with E-state index in [9.17, 15) is 0 Å². The van der Waals surface area contributed by atoms with E-state index in [4.69, 9.17) is 9.78 Å². The fraction of sp³-hybridized carbons (Fsp3) is 0.727. The van der Waals surface area contributed by atoms with E-state index >= 15 is 0 Å². The van der Waals surface area contributed by atoms with E-state index in [0.717, 1.165) is 5.82 Å². The quantitative estimate of drug-likeness (QED) is 0.760. The number of aromatic nitrogens is 2. The molecule has 0 radical (unpaired) electrons. The highest BCUT2D eigenvalue weighted by Crippen LogP contribution is 2.32. The second-order valence-electron chi connectivity index (χ2n) is 4.26. The lowest BCUT2D eigenvalue weighted by Crippen LogP contribution is -1.98. The van der Waals surface area contributed by atoms with Crippen LogP contribution in [0, 0.1) is 17.2 Å². The Bertz CT molecular complexity index is 360. The van der Waals surface area contributed by atoms with Gasteiger partial charge in [0.2, 0.25) is 5.89 Å². The van der Waals surface area contributed by atoms with Gasteiger partial charge in [-0.2, -0.15) is 10.2 Å². The number of hydrogen-bond donors (Lipinski definition) is 0. The zero-order chi connectivity index (χ0) is 10.7. The summed E-state index contributed by atoms with van der Waals surface area (Å²) < 4.78 is 5.14. The van der Waals surface area contributed by atoms with Crippen LogP contribution in [0.1, 0.15) is 50.2 Å². The van der Waals surface area contributed by atoms with Crippen molar-refractivity contribution in [3.63, 3.8) is 0 Å². The zero-order valence-electron chi connectivity index (χ0n) is 8.94. The van der Waals surface area contributed by atoms with Crippen LogP contribution in [0.15, 0.2) is 4.52 Å². The molecule has 4 nitrogen and oxygen atoms in total. The summed E-state index contributed by atoms with van der Waals surface area (Å²) >= 11 is 0. The van der Waals surface area contributed by atoms with Crippen molar-refractivity contribution in [1.82, 2.24) is 10.1 Å². The summed E-state index contributed by atoms with van der Waals surface area (Å²) in [5, 5.41) is 12.7. The molecule has 1 aromatic heterocycles. The van der Waals surface area contributed by atoms with Crippen molar-refractivity contribution in [2.75, 3.05) is 0 Å². The largest absolute Gasteiger partial charge is 0.339 e. The van der Waals surface area contributed by atoms with Crippen LogP contribution in [0.25, 0.3) is 0 Å². The molecule has 1 aliphatic carbocycles. The van der Waals surface area contributed by atoms with Gasteiger partial charge < -0.3 is 4.52 Å². The van der Waals surface area contributed by atoms with Gasteiger partial charge in [0.25, 0.3) is 0 Å². The van der Waals surface area contributed by atoms with Gasteiger partial charge in [0.15, 0.2) is 5.82 Å². The molecule has 1 fully saturated rings. The van der Waals surface area contributed by atoms with Gasteiger partial charge in [-0.15, -0.1) is 0 Å². The molecule has 1 atom stereocenters. The summed E-state index contributed by atoms with van der Waals surface area (Å²) in [6.45, 7) is 1.86. The Balaban J connectivity index is 2.00. The Morgan fingerprint density at radius 3 is 2.93 bits per heavy atom. The van der Waals surface area contributed by atoms with E-state index in [0.29, 0.717) is 18.2 Å². The van der Waals surface area contributed by atoms with Crippen LogP contribution in [-0.2, 0) is 6.42 Å². The van der Waals surface area contributed by atoms with Crippen LogP contribution in [0.4, 0.5) is 0 Å². The molecule has 0 bridgehead atoms. The molecule has 4 heteroatoms. The SMILES string of the molecule is CC(C#N)Cc1nc(C2CCCC2)no1. The molecule has 1 aliphatic rings. The molecule has 15 heavy (non-hydrogen) atoms. The maximum atomic E-state index is 8.67. The Morgan fingerprint density at radius 1 is 1.53 bits per heavy atom. The second kappa shape index (κ2) is 4.43. The van der Waals surface area contributed by atoms with E-state index in [-0.39, 0.29) is 5.92 Å². The Hall–Kier alpha value is -1.37. The summed E-state index contributed by atoms with van der Waals surface area (Å²) in [4.78, 5) is 4.35. The highest BCUT2D eigenvalue weighted by molar-refractivity contribution is 4.99. The fourth-order valence-corrected chi connectivity index (χ4v) is 2.01. The van der Waals surface area contributed by atoms with E-state index in [1.165, 1.54) is 25.7 Å². The van der Waals surface area contributed by atoms with Gasteiger partial charge in [-0.1, -0.05) is 18.0 Å². The molecule has 0 aromatic carbocycles. The minimum Gasteiger partial charge on any atom is -0.339 e. The van der Waals surface area contributed by atoms with Crippen molar-refractivity contribution in [1.29, 1.82) is 5.26 Å². The van der Waals surface area contributed by atoms with E-state index in [1.807, 2.05) is 6.92 Å². The number of hydrogen-bond acceptors (Lipinski definition) is 4. The maximum Gasteiger partial charge on any atom is 0.227 e. The van der Waals surface area contributed by atoms with E-state index < -0.39 is 0 Å². The molecule has 0 amide bonds. The van der Waals surface area contributed by atoms with Gasteiger partial charge in [0, 0.05) is 12.3 Å². The molecular weight excluding hydrogens is 190 g/mol. The van der Waals surface area contributed by atoms with Crippen LogP contribution >= 0.6 is 0 Å². The third-order valence-electron chi connectivity index (χ3n) is 2.91. The predicted octanol–water partition coefficient (Wildman–Crippen LogP) is 2.43. The highest BCUT2D eigenvalue weighted by atomic mass is 16.5. The lowest BCUT2D eigenvalue weighted by Gasteiger charge is -1.99. The van der Waals surface area contributed by atoms with Gasteiger partial charge in [-0.25, -0.2) is 0 Å². The van der Waals surface area contributed by atoms with E-state index in [2.05, 4.69) is 16.2 Å². The summed E-state index contributed by atoms with van der Waals surface area (Å²) in [6, 6.07) is 2.16. The molecule has 0 aliphatic heterocycles. The van der Waals surface area contributed by atoms with Crippen molar-refractivity contribution >= 4 is 0 Å². The minimum atomic E-state index is -0.0538. The topological polar surface area (TPSA) is 62.7 Å². The molecule has 2 rings (SSSR count). The lowest BCUT2D eigenvalue weighted by molar-refractivity contribution is 0.361. The first-order valence-corrected chi connectivity index (χ1v) is 5.51. The molecule has 80 valence electrons. The monoisotopic (exact) mass is 205 g/mol. The summed E-state index contributed by atoms with van der Waals surface area (Å²) in [5.41, 5.74) is 0. The number of rotatable bonds is 3. The highest BCUT2D eigenvalue weighted by Gasteiger charge is 2.22. The first kappa shape index (κ1) is 10.2. The molecule has 1 unspecified atom stereocenters. The second-order valence-corrected chi connectivity index (χ2v) is 4.26. The van der Waals surface area contributed by atoms with Crippen LogP contribution < -0.4 is 0 Å². The Labute approximate surface area is 89.3 Å². The van der Waals surface area contributed by atoms with Crippen molar-refractivity contribution in [2.45, 2.75) is 44.9 Å². The average molecular weight is 205 g/mol. The maximum absolute atomic E-state index is 8.67. The van der Waals surface area contributed by atoms with Crippen LogP contribution in [0.2, 0.25) is 0 Å². The zero-order valence-corrected chi connectivity index (χ0v) is 8.94. The summed E-state index contributed by atoms with van der Waals surface area (Å²) in [6.07, 6.45) is 5.45. The Kier molecular flexibility index (Phi) is 3.00. The van der Waals surface area contributed by atoms with Crippen LogP contribution in [0.3, 0.4) is 0 Å². The first-order chi connectivity index (χ1) is 7.29. The minimum absolute atomic E-state index is 0.0538. The number of nitrogens with zero attached hydrogens (tertiary/aromatic N) is 3. The van der Waals surface area contributed by atoms with Crippen molar-refractivity contribution in [2.24, 2.45) is 5.92 Å². The Morgan fingerprint density at radius 2 is 2.27 bits per heavy atom.